The third-order valence-electron chi connectivity index (χ3n) is 4.50. The van der Waals surface area contributed by atoms with E-state index in [4.69, 9.17) is 16.3 Å². The molecule has 4 aromatic rings. The van der Waals surface area contributed by atoms with Crippen molar-refractivity contribution in [3.8, 4) is 17.0 Å². The molecule has 0 radical (unpaired) electrons. The molecular formula is C25H20ClN3O2S2. The van der Waals surface area contributed by atoms with E-state index in [9.17, 15) is 4.79 Å². The molecule has 3 aromatic carbocycles. The normalized spacial score (nSPS) is 10.9. The first-order valence-corrected chi connectivity index (χ1v) is 12.3. The summed E-state index contributed by atoms with van der Waals surface area (Å²) in [6.45, 7) is 0.459. The number of hydrazone groups is 1. The third-order valence-corrected chi connectivity index (χ3v) is 6.77. The van der Waals surface area contributed by atoms with Crippen molar-refractivity contribution >= 4 is 46.8 Å². The number of nitrogens with one attached hydrogen (secondary N) is 1. The Balaban J connectivity index is 1.27. The number of para-hydroxylation sites is 1. The Kier molecular flexibility index (Phi) is 8.14. The van der Waals surface area contributed by atoms with Crippen molar-refractivity contribution in [2.75, 3.05) is 5.75 Å². The fourth-order valence-corrected chi connectivity index (χ4v) is 4.62. The highest BCUT2D eigenvalue weighted by Crippen LogP contribution is 2.28. The number of rotatable bonds is 9. The molecule has 1 amide bonds. The summed E-state index contributed by atoms with van der Waals surface area (Å²) in [7, 11) is 0. The summed E-state index contributed by atoms with van der Waals surface area (Å²) in [5, 5.41) is 6.74. The van der Waals surface area contributed by atoms with E-state index < -0.39 is 0 Å². The van der Waals surface area contributed by atoms with Crippen LogP contribution >= 0.6 is 34.7 Å². The average Bonchev–Trinajstić information content (AvgIpc) is 3.32. The van der Waals surface area contributed by atoms with Gasteiger partial charge in [-0.3, -0.25) is 4.79 Å². The van der Waals surface area contributed by atoms with Crippen molar-refractivity contribution in [3.63, 3.8) is 0 Å². The van der Waals surface area contributed by atoms with Gasteiger partial charge in [-0.05, 0) is 29.8 Å². The molecule has 0 aliphatic carbocycles. The van der Waals surface area contributed by atoms with Gasteiger partial charge in [0.05, 0.1) is 17.7 Å². The predicted molar refractivity (Wildman–Crippen MR) is 136 cm³/mol. The summed E-state index contributed by atoms with van der Waals surface area (Å²) in [5.74, 6) is 0.713. The average molecular weight is 494 g/mol. The molecule has 0 aliphatic rings. The predicted octanol–water partition coefficient (Wildman–Crippen LogP) is 6.28. The number of aromatic nitrogens is 1. The highest BCUT2D eigenvalue weighted by molar-refractivity contribution is 8.01. The molecule has 0 spiro atoms. The lowest BCUT2D eigenvalue weighted by molar-refractivity contribution is -0.118. The molecule has 0 saturated heterocycles. The fourth-order valence-electron chi connectivity index (χ4n) is 2.86. The maximum absolute atomic E-state index is 12.2. The Morgan fingerprint density at radius 2 is 1.82 bits per heavy atom. The van der Waals surface area contributed by atoms with Gasteiger partial charge in [0, 0.05) is 21.5 Å². The number of halogens is 1. The van der Waals surface area contributed by atoms with Gasteiger partial charge in [0.15, 0.2) is 4.34 Å². The van der Waals surface area contributed by atoms with E-state index in [1.165, 1.54) is 23.1 Å². The Bertz CT molecular complexity index is 1230. The van der Waals surface area contributed by atoms with E-state index in [1.807, 2.05) is 84.2 Å². The second kappa shape index (κ2) is 11.7. The molecule has 0 unspecified atom stereocenters. The number of hydrogen-bond donors (Lipinski definition) is 1. The van der Waals surface area contributed by atoms with Crippen molar-refractivity contribution in [2.24, 2.45) is 5.10 Å². The molecule has 0 fully saturated rings. The molecule has 8 heteroatoms. The number of ether oxygens (including phenoxy) is 1. The minimum atomic E-state index is -0.206. The zero-order valence-corrected chi connectivity index (χ0v) is 19.9. The van der Waals surface area contributed by atoms with Crippen LogP contribution in [0.5, 0.6) is 5.75 Å². The van der Waals surface area contributed by atoms with Gasteiger partial charge in [-0.2, -0.15) is 5.10 Å². The van der Waals surface area contributed by atoms with Gasteiger partial charge in [0.2, 0.25) is 0 Å². The van der Waals surface area contributed by atoms with Crippen molar-refractivity contribution in [2.45, 2.75) is 10.9 Å². The largest absolute Gasteiger partial charge is 0.488 e. The lowest BCUT2D eigenvalue weighted by atomic mass is 10.2. The van der Waals surface area contributed by atoms with Crippen LogP contribution in [0.3, 0.4) is 0 Å². The molecule has 0 bridgehead atoms. The number of carbonyl (C=O) groups excluding carboxylic acids is 1. The second-order valence-corrected chi connectivity index (χ2v) is 9.42. The summed E-state index contributed by atoms with van der Waals surface area (Å²) in [6.07, 6.45) is 1.59. The van der Waals surface area contributed by atoms with Gasteiger partial charge >= 0.3 is 0 Å². The molecule has 0 aliphatic heterocycles. The van der Waals surface area contributed by atoms with Crippen LogP contribution in [0.1, 0.15) is 11.1 Å². The molecule has 0 saturated carbocycles. The first-order valence-electron chi connectivity index (χ1n) is 10.1. The van der Waals surface area contributed by atoms with E-state index in [1.54, 1.807) is 6.21 Å². The SMILES string of the molecule is O=C(CSc1nc(-c2ccc(Cl)cc2)cs1)N/N=C/c1ccccc1OCc1ccccc1. The van der Waals surface area contributed by atoms with E-state index in [0.717, 1.165) is 26.7 Å². The minimum absolute atomic E-state index is 0.206. The van der Waals surface area contributed by atoms with E-state index in [2.05, 4.69) is 15.5 Å². The van der Waals surface area contributed by atoms with Crippen LogP contribution in [-0.4, -0.2) is 22.9 Å². The molecule has 5 nitrogen and oxygen atoms in total. The monoisotopic (exact) mass is 493 g/mol. The minimum Gasteiger partial charge on any atom is -0.488 e. The van der Waals surface area contributed by atoms with E-state index in [0.29, 0.717) is 17.4 Å². The maximum Gasteiger partial charge on any atom is 0.250 e. The fraction of sp³-hybridized carbons (Fsp3) is 0.0800. The topological polar surface area (TPSA) is 63.6 Å². The van der Waals surface area contributed by atoms with Crippen LogP contribution < -0.4 is 10.2 Å². The van der Waals surface area contributed by atoms with Crippen molar-refractivity contribution in [1.82, 2.24) is 10.4 Å². The van der Waals surface area contributed by atoms with Crippen LogP contribution in [0.15, 0.2) is 93.7 Å². The molecule has 1 heterocycles. The summed E-state index contributed by atoms with van der Waals surface area (Å²) >= 11 is 8.81. The number of nitrogens with zero attached hydrogens (tertiary/aromatic N) is 2. The number of carbonyl (C=O) groups is 1. The van der Waals surface area contributed by atoms with Gasteiger partial charge in [0.25, 0.3) is 5.91 Å². The van der Waals surface area contributed by atoms with Crippen LogP contribution in [0, 0.1) is 0 Å². The van der Waals surface area contributed by atoms with Gasteiger partial charge in [-0.1, -0.05) is 78.0 Å². The maximum atomic E-state index is 12.2. The second-order valence-electron chi connectivity index (χ2n) is 6.90. The zero-order chi connectivity index (χ0) is 22.9. The molecule has 166 valence electrons. The molecule has 1 aromatic heterocycles. The molecular weight excluding hydrogens is 474 g/mol. The number of benzene rings is 3. The number of thioether (sulfide) groups is 1. The van der Waals surface area contributed by atoms with Gasteiger partial charge in [0.1, 0.15) is 12.4 Å². The Labute approximate surface area is 205 Å². The quantitative estimate of drug-likeness (QED) is 0.169. The van der Waals surface area contributed by atoms with Crippen LogP contribution in [0.25, 0.3) is 11.3 Å². The Morgan fingerprint density at radius 3 is 2.64 bits per heavy atom. The van der Waals surface area contributed by atoms with E-state index in [-0.39, 0.29) is 11.7 Å². The highest BCUT2D eigenvalue weighted by atomic mass is 35.5. The van der Waals surface area contributed by atoms with Crippen molar-refractivity contribution in [1.29, 1.82) is 0 Å². The number of hydrogen-bond acceptors (Lipinski definition) is 6. The lowest BCUT2D eigenvalue weighted by Crippen LogP contribution is -2.19. The zero-order valence-electron chi connectivity index (χ0n) is 17.5. The van der Waals surface area contributed by atoms with Crippen LogP contribution in [0.2, 0.25) is 5.02 Å². The van der Waals surface area contributed by atoms with Crippen molar-refractivity contribution < 1.29 is 9.53 Å². The summed E-state index contributed by atoms with van der Waals surface area (Å²) in [4.78, 5) is 16.8. The molecule has 4 rings (SSSR count). The number of amides is 1. The Hall–Kier alpha value is -3.13. The van der Waals surface area contributed by atoms with Crippen molar-refractivity contribution in [3.05, 3.63) is 100 Å². The summed E-state index contributed by atoms with van der Waals surface area (Å²) in [6, 6.07) is 25.0. The lowest BCUT2D eigenvalue weighted by Gasteiger charge is -2.08. The standard InChI is InChI=1S/C25H20ClN3O2S2/c26-21-12-10-19(11-13-21)22-16-32-25(28-22)33-17-24(30)29-27-14-20-8-4-5-9-23(20)31-15-18-6-2-1-3-7-18/h1-14,16H,15,17H2,(H,29,30)/b27-14+. The first-order chi connectivity index (χ1) is 16.2. The summed E-state index contributed by atoms with van der Waals surface area (Å²) in [5.41, 5.74) is 6.29. The van der Waals surface area contributed by atoms with Crippen LogP contribution in [0.4, 0.5) is 0 Å². The first kappa shape index (κ1) is 23.0. The summed E-state index contributed by atoms with van der Waals surface area (Å²) < 4.78 is 6.73. The highest BCUT2D eigenvalue weighted by Gasteiger charge is 2.08. The third kappa shape index (κ3) is 6.92. The van der Waals surface area contributed by atoms with Gasteiger partial charge in [-0.25, -0.2) is 10.4 Å². The Morgan fingerprint density at radius 1 is 1.06 bits per heavy atom. The molecule has 1 N–H and O–H groups in total. The molecule has 33 heavy (non-hydrogen) atoms. The van der Waals surface area contributed by atoms with Crippen LogP contribution in [-0.2, 0) is 11.4 Å². The van der Waals surface area contributed by atoms with E-state index >= 15 is 0 Å². The molecule has 0 atom stereocenters. The smallest absolute Gasteiger partial charge is 0.250 e. The number of thiazole rings is 1. The van der Waals surface area contributed by atoms with Gasteiger partial charge < -0.3 is 4.74 Å². The van der Waals surface area contributed by atoms with Gasteiger partial charge in [-0.15, -0.1) is 11.3 Å².